The lowest BCUT2D eigenvalue weighted by atomic mass is 9.98. The van der Waals surface area contributed by atoms with Crippen LogP contribution in [0.5, 0.6) is 0 Å². The van der Waals surface area contributed by atoms with Crippen molar-refractivity contribution in [2.45, 2.75) is 12.8 Å². The molecule has 22 heavy (non-hydrogen) atoms. The SMILES string of the molecule is Nc1nccc(N2CCCC(CNC(=O)c3ccoc3)C2)n1. The van der Waals surface area contributed by atoms with E-state index in [1.807, 2.05) is 6.07 Å². The van der Waals surface area contributed by atoms with E-state index < -0.39 is 0 Å². The number of nitrogens with zero attached hydrogens (tertiary/aromatic N) is 3. The van der Waals surface area contributed by atoms with E-state index in [-0.39, 0.29) is 11.9 Å². The first-order valence-electron chi connectivity index (χ1n) is 7.36. The molecule has 3 rings (SSSR count). The van der Waals surface area contributed by atoms with Crippen molar-refractivity contribution in [3.8, 4) is 0 Å². The first-order chi connectivity index (χ1) is 10.7. The highest BCUT2D eigenvalue weighted by Gasteiger charge is 2.22. The van der Waals surface area contributed by atoms with Crippen LogP contribution in [-0.4, -0.2) is 35.5 Å². The molecule has 7 nitrogen and oxygen atoms in total. The third kappa shape index (κ3) is 3.36. The van der Waals surface area contributed by atoms with Gasteiger partial charge in [0.2, 0.25) is 5.95 Å². The summed E-state index contributed by atoms with van der Waals surface area (Å²) in [5.41, 5.74) is 6.19. The fourth-order valence-corrected chi connectivity index (χ4v) is 2.71. The topological polar surface area (TPSA) is 97.3 Å². The maximum absolute atomic E-state index is 11.9. The zero-order chi connectivity index (χ0) is 15.4. The summed E-state index contributed by atoms with van der Waals surface area (Å²) in [6, 6.07) is 3.52. The largest absolute Gasteiger partial charge is 0.472 e. The fraction of sp³-hybridized carbons (Fsp3) is 0.400. The number of carbonyl (C=O) groups excluding carboxylic acids is 1. The van der Waals surface area contributed by atoms with E-state index in [0.29, 0.717) is 18.0 Å². The maximum atomic E-state index is 11.9. The number of nitrogens with two attached hydrogens (primary N) is 1. The average Bonchev–Trinajstić information content (AvgIpc) is 3.07. The highest BCUT2D eigenvalue weighted by molar-refractivity contribution is 5.93. The van der Waals surface area contributed by atoms with Gasteiger partial charge in [-0.25, -0.2) is 4.98 Å². The third-order valence-corrected chi connectivity index (χ3v) is 3.84. The minimum absolute atomic E-state index is 0.0999. The predicted octanol–water partition coefficient (Wildman–Crippen LogP) is 1.30. The van der Waals surface area contributed by atoms with Crippen LogP contribution in [0.3, 0.4) is 0 Å². The number of anilines is 2. The van der Waals surface area contributed by atoms with Gasteiger partial charge in [-0.15, -0.1) is 0 Å². The molecule has 0 bridgehead atoms. The van der Waals surface area contributed by atoms with Gasteiger partial charge in [0.15, 0.2) is 0 Å². The number of furan rings is 1. The standard InChI is InChI=1S/C15H19N5O2/c16-15-17-5-3-13(19-15)20-6-1-2-11(9-20)8-18-14(21)12-4-7-22-10-12/h3-5,7,10-11H,1-2,6,8-9H2,(H,18,21)(H2,16,17,19). The van der Waals surface area contributed by atoms with Gasteiger partial charge in [-0.05, 0) is 30.9 Å². The smallest absolute Gasteiger partial charge is 0.254 e. The summed E-state index contributed by atoms with van der Waals surface area (Å²) >= 11 is 0. The Morgan fingerprint density at radius 1 is 1.50 bits per heavy atom. The Kier molecular flexibility index (Phi) is 4.22. The van der Waals surface area contributed by atoms with E-state index in [9.17, 15) is 4.79 Å². The lowest BCUT2D eigenvalue weighted by molar-refractivity contribution is 0.0945. The molecule has 116 valence electrons. The normalized spacial score (nSPS) is 18.2. The second-order valence-electron chi connectivity index (χ2n) is 5.45. The van der Waals surface area contributed by atoms with Crippen molar-refractivity contribution in [3.63, 3.8) is 0 Å². The number of carbonyl (C=O) groups is 1. The van der Waals surface area contributed by atoms with Crippen LogP contribution in [0.1, 0.15) is 23.2 Å². The van der Waals surface area contributed by atoms with Gasteiger partial charge in [0, 0.05) is 25.8 Å². The summed E-state index contributed by atoms with van der Waals surface area (Å²) in [6.45, 7) is 2.44. The monoisotopic (exact) mass is 301 g/mol. The summed E-state index contributed by atoms with van der Waals surface area (Å²) in [4.78, 5) is 22.3. The average molecular weight is 301 g/mol. The molecule has 0 aromatic carbocycles. The lowest BCUT2D eigenvalue weighted by Gasteiger charge is -2.33. The molecule has 0 radical (unpaired) electrons. The van der Waals surface area contributed by atoms with E-state index in [2.05, 4.69) is 20.2 Å². The van der Waals surface area contributed by atoms with Crippen LogP contribution < -0.4 is 16.0 Å². The van der Waals surface area contributed by atoms with E-state index in [1.165, 1.54) is 12.5 Å². The molecule has 2 aromatic heterocycles. The Labute approximate surface area is 128 Å². The highest BCUT2D eigenvalue weighted by atomic mass is 16.3. The Bertz CT molecular complexity index is 629. The number of rotatable bonds is 4. The molecule has 0 saturated carbocycles. The number of hydrogen-bond acceptors (Lipinski definition) is 6. The van der Waals surface area contributed by atoms with Gasteiger partial charge in [0.05, 0.1) is 11.8 Å². The van der Waals surface area contributed by atoms with E-state index in [1.54, 1.807) is 12.3 Å². The van der Waals surface area contributed by atoms with Crippen LogP contribution in [-0.2, 0) is 0 Å². The summed E-state index contributed by atoms with van der Waals surface area (Å²) in [5, 5.41) is 2.96. The van der Waals surface area contributed by atoms with E-state index in [0.717, 1.165) is 31.7 Å². The van der Waals surface area contributed by atoms with Crippen LogP contribution in [0, 0.1) is 5.92 Å². The van der Waals surface area contributed by atoms with Gasteiger partial charge in [-0.3, -0.25) is 4.79 Å². The fourth-order valence-electron chi connectivity index (χ4n) is 2.71. The van der Waals surface area contributed by atoms with Crippen molar-refractivity contribution in [3.05, 3.63) is 36.4 Å². The third-order valence-electron chi connectivity index (χ3n) is 3.84. The number of aromatic nitrogens is 2. The summed E-state index contributed by atoms with van der Waals surface area (Å²) in [5.74, 6) is 1.42. The number of amides is 1. The second-order valence-corrected chi connectivity index (χ2v) is 5.45. The Hall–Kier alpha value is -2.57. The van der Waals surface area contributed by atoms with Crippen LogP contribution in [0.2, 0.25) is 0 Å². The quantitative estimate of drug-likeness (QED) is 0.883. The molecule has 1 amide bonds. The molecule has 3 N–H and O–H groups in total. The molecule has 3 heterocycles. The van der Waals surface area contributed by atoms with Crippen molar-refractivity contribution < 1.29 is 9.21 Å². The van der Waals surface area contributed by atoms with Gasteiger partial charge < -0.3 is 20.4 Å². The maximum Gasteiger partial charge on any atom is 0.254 e. The van der Waals surface area contributed by atoms with Gasteiger partial charge in [-0.1, -0.05) is 0 Å². The van der Waals surface area contributed by atoms with Gasteiger partial charge >= 0.3 is 0 Å². The first kappa shape index (κ1) is 14.4. The zero-order valence-corrected chi connectivity index (χ0v) is 12.2. The summed E-state index contributed by atoms with van der Waals surface area (Å²) < 4.78 is 4.92. The zero-order valence-electron chi connectivity index (χ0n) is 12.2. The van der Waals surface area contributed by atoms with Crippen LogP contribution >= 0.6 is 0 Å². The van der Waals surface area contributed by atoms with Crippen LogP contribution in [0.4, 0.5) is 11.8 Å². The molecule has 1 saturated heterocycles. The molecule has 1 aliphatic rings. The molecular formula is C15H19N5O2. The Balaban J connectivity index is 1.56. The van der Waals surface area contributed by atoms with Crippen molar-refractivity contribution in [2.75, 3.05) is 30.3 Å². The second kappa shape index (κ2) is 6.46. The number of nitrogens with one attached hydrogen (secondary N) is 1. The summed E-state index contributed by atoms with van der Waals surface area (Å²) in [7, 11) is 0. The molecule has 1 fully saturated rings. The predicted molar refractivity (Wildman–Crippen MR) is 82.4 cm³/mol. The minimum atomic E-state index is -0.0999. The summed E-state index contributed by atoms with van der Waals surface area (Å²) in [6.07, 6.45) is 6.77. The molecule has 0 aliphatic carbocycles. The van der Waals surface area contributed by atoms with E-state index in [4.69, 9.17) is 10.2 Å². The Morgan fingerprint density at radius 3 is 3.18 bits per heavy atom. The number of hydrogen-bond donors (Lipinski definition) is 2. The molecule has 1 unspecified atom stereocenters. The molecule has 1 aliphatic heterocycles. The van der Waals surface area contributed by atoms with Crippen molar-refractivity contribution in [2.24, 2.45) is 5.92 Å². The Morgan fingerprint density at radius 2 is 2.41 bits per heavy atom. The molecule has 7 heteroatoms. The minimum Gasteiger partial charge on any atom is -0.472 e. The van der Waals surface area contributed by atoms with Crippen LogP contribution in [0.15, 0.2) is 35.3 Å². The molecular weight excluding hydrogens is 282 g/mol. The van der Waals surface area contributed by atoms with Crippen molar-refractivity contribution in [1.29, 1.82) is 0 Å². The first-order valence-corrected chi connectivity index (χ1v) is 7.36. The highest BCUT2D eigenvalue weighted by Crippen LogP contribution is 2.21. The number of nitrogen functional groups attached to an aromatic ring is 1. The van der Waals surface area contributed by atoms with Crippen molar-refractivity contribution in [1.82, 2.24) is 15.3 Å². The van der Waals surface area contributed by atoms with E-state index >= 15 is 0 Å². The lowest BCUT2D eigenvalue weighted by Crippen LogP contribution is -2.41. The van der Waals surface area contributed by atoms with Crippen LogP contribution in [0.25, 0.3) is 0 Å². The number of piperidine rings is 1. The van der Waals surface area contributed by atoms with Crippen molar-refractivity contribution >= 4 is 17.7 Å². The van der Waals surface area contributed by atoms with Gasteiger partial charge in [0.25, 0.3) is 5.91 Å². The van der Waals surface area contributed by atoms with Gasteiger partial charge in [0.1, 0.15) is 12.1 Å². The molecule has 0 spiro atoms. The van der Waals surface area contributed by atoms with Gasteiger partial charge in [-0.2, -0.15) is 4.98 Å². The molecule has 1 atom stereocenters. The molecule has 2 aromatic rings.